The average Bonchev–Trinajstić information content (AvgIpc) is 3.18. The number of alkyl halides is 2. The molecule has 1 aromatic carbocycles. The van der Waals surface area contributed by atoms with E-state index in [9.17, 15) is 24.3 Å². The number of benzene rings is 1. The van der Waals surface area contributed by atoms with Crippen LogP contribution in [0.1, 0.15) is 45.1 Å². The highest BCUT2D eigenvalue weighted by Gasteiger charge is 2.76. The van der Waals surface area contributed by atoms with Crippen LogP contribution in [0.3, 0.4) is 0 Å². The number of imide groups is 2. The molecule has 0 aromatic heterocycles. The molecule has 4 amide bonds. The van der Waals surface area contributed by atoms with E-state index in [-0.39, 0.29) is 31.4 Å². The van der Waals surface area contributed by atoms with Crippen molar-refractivity contribution in [1.29, 1.82) is 0 Å². The first-order valence-electron chi connectivity index (χ1n) is 12.4. The van der Waals surface area contributed by atoms with Crippen LogP contribution in [-0.4, -0.2) is 74.1 Å². The van der Waals surface area contributed by atoms with E-state index in [4.69, 9.17) is 27.9 Å². The van der Waals surface area contributed by atoms with Crippen LogP contribution in [0.5, 0.6) is 5.75 Å². The molecule has 0 bridgehead atoms. The fraction of sp³-hybridized carbons (Fsp3) is 0.556. The fourth-order valence-corrected chi connectivity index (χ4v) is 7.77. The molecule has 1 aromatic rings. The number of carbonyl (C=O) groups is 4. The Balaban J connectivity index is 1.72. The van der Waals surface area contributed by atoms with Crippen molar-refractivity contribution in [2.24, 2.45) is 17.8 Å². The first-order valence-corrected chi connectivity index (χ1v) is 13.2. The molecule has 6 atom stereocenters. The summed E-state index contributed by atoms with van der Waals surface area (Å²) in [7, 11) is 1.36. The zero-order valence-electron chi connectivity index (χ0n) is 21.2. The van der Waals surface area contributed by atoms with Crippen LogP contribution < -0.4 is 4.74 Å². The van der Waals surface area contributed by atoms with Gasteiger partial charge in [0.25, 0.3) is 11.8 Å². The molecule has 0 radical (unpaired) electrons. The van der Waals surface area contributed by atoms with E-state index >= 15 is 0 Å². The average molecular weight is 549 g/mol. The van der Waals surface area contributed by atoms with Gasteiger partial charge in [-0.2, -0.15) is 0 Å². The highest BCUT2D eigenvalue weighted by Crippen LogP contribution is 2.66. The molecular formula is C27H30Cl2N2O6. The number of amides is 4. The Morgan fingerprint density at radius 2 is 1.73 bits per heavy atom. The summed E-state index contributed by atoms with van der Waals surface area (Å²) in [5, 5.41) is 9.35. The summed E-state index contributed by atoms with van der Waals surface area (Å²) in [6.45, 7) is 5.23. The van der Waals surface area contributed by atoms with Crippen molar-refractivity contribution in [2.75, 3.05) is 20.3 Å². The van der Waals surface area contributed by atoms with Crippen molar-refractivity contribution in [2.45, 2.75) is 54.8 Å². The molecule has 10 heteroatoms. The summed E-state index contributed by atoms with van der Waals surface area (Å²) in [5.41, 5.74) is 0.533. The number of para-hydroxylation sites is 1. The third-order valence-corrected chi connectivity index (χ3v) is 9.68. The van der Waals surface area contributed by atoms with Gasteiger partial charge in [-0.05, 0) is 45.6 Å². The molecule has 8 nitrogen and oxygen atoms in total. The number of rotatable bonds is 4. The Labute approximate surface area is 225 Å². The van der Waals surface area contributed by atoms with Gasteiger partial charge in [0.15, 0.2) is 9.75 Å². The van der Waals surface area contributed by atoms with Gasteiger partial charge >= 0.3 is 0 Å². The monoisotopic (exact) mass is 548 g/mol. The number of carbonyl (C=O) groups excluding carboxylic acids is 4. The minimum atomic E-state index is -1.87. The maximum absolute atomic E-state index is 13.8. The van der Waals surface area contributed by atoms with Gasteiger partial charge in [-0.25, -0.2) is 0 Å². The van der Waals surface area contributed by atoms with E-state index in [0.29, 0.717) is 23.3 Å². The van der Waals surface area contributed by atoms with Crippen LogP contribution in [0.15, 0.2) is 35.9 Å². The van der Waals surface area contributed by atoms with Crippen molar-refractivity contribution in [3.8, 4) is 5.75 Å². The second-order valence-electron chi connectivity index (χ2n) is 11.3. The van der Waals surface area contributed by atoms with E-state index in [1.807, 2.05) is 26.8 Å². The Morgan fingerprint density at radius 3 is 2.38 bits per heavy atom. The maximum Gasteiger partial charge on any atom is 0.253 e. The number of hydrogen-bond acceptors (Lipinski definition) is 6. The summed E-state index contributed by atoms with van der Waals surface area (Å²) >= 11 is 14.4. The molecule has 3 fully saturated rings. The molecule has 2 heterocycles. The Morgan fingerprint density at radius 1 is 1.05 bits per heavy atom. The van der Waals surface area contributed by atoms with Crippen molar-refractivity contribution < 1.29 is 29.0 Å². The highest BCUT2D eigenvalue weighted by atomic mass is 35.5. The number of likely N-dealkylation sites (tertiary alicyclic amines) is 2. The fourth-order valence-electron chi connectivity index (χ4n) is 6.76. The highest BCUT2D eigenvalue weighted by molar-refractivity contribution is 6.53. The van der Waals surface area contributed by atoms with Crippen molar-refractivity contribution in [1.82, 2.24) is 9.80 Å². The number of fused-ring (bicyclic) bond motifs is 4. The lowest BCUT2D eigenvalue weighted by atomic mass is 9.56. The van der Waals surface area contributed by atoms with E-state index in [1.165, 1.54) is 11.9 Å². The van der Waals surface area contributed by atoms with Gasteiger partial charge in [-0.3, -0.25) is 29.0 Å². The molecule has 1 N–H and O–H groups in total. The minimum Gasteiger partial charge on any atom is -0.491 e. The smallest absolute Gasteiger partial charge is 0.253 e. The molecule has 0 unspecified atom stereocenters. The number of aliphatic hydroxyl groups excluding tert-OH is 1. The van der Waals surface area contributed by atoms with Crippen LogP contribution in [0, 0.1) is 17.8 Å². The SMILES string of the molecule is CN1C(=O)[C@]2(Cl)C[C@@H]3C(=CC[C@@H]4C(=O)N(C(C)(C)C)C(=O)[C@@H]43)[C@H](c3ccccc3OCCO)[C@]2(Cl)C1=O. The van der Waals surface area contributed by atoms with Crippen LogP contribution in [-0.2, 0) is 19.2 Å². The van der Waals surface area contributed by atoms with Crippen molar-refractivity contribution >= 4 is 46.8 Å². The Hall–Kier alpha value is -2.42. The second kappa shape index (κ2) is 8.55. The molecule has 37 heavy (non-hydrogen) atoms. The Kier molecular flexibility index (Phi) is 6.05. The lowest BCUT2D eigenvalue weighted by Gasteiger charge is -2.51. The van der Waals surface area contributed by atoms with Crippen LogP contribution in [0.2, 0.25) is 0 Å². The minimum absolute atomic E-state index is 0.0124. The van der Waals surface area contributed by atoms with Gasteiger partial charge < -0.3 is 9.84 Å². The number of nitrogens with zero attached hydrogens (tertiary/aromatic N) is 2. The van der Waals surface area contributed by atoms with Crippen LogP contribution in [0.25, 0.3) is 0 Å². The predicted octanol–water partition coefficient (Wildman–Crippen LogP) is 2.84. The topological polar surface area (TPSA) is 104 Å². The summed E-state index contributed by atoms with van der Waals surface area (Å²) in [6, 6.07) is 6.98. The van der Waals surface area contributed by atoms with Crippen LogP contribution in [0.4, 0.5) is 0 Å². The second-order valence-corrected chi connectivity index (χ2v) is 12.5. The third-order valence-electron chi connectivity index (χ3n) is 8.26. The number of hydrogen-bond donors (Lipinski definition) is 1. The first-order chi connectivity index (χ1) is 17.3. The third kappa shape index (κ3) is 3.38. The molecule has 2 aliphatic heterocycles. The number of ether oxygens (including phenoxy) is 1. The number of aliphatic hydroxyl groups is 1. The molecule has 2 saturated heterocycles. The number of halogens is 2. The van der Waals surface area contributed by atoms with E-state index in [2.05, 4.69) is 0 Å². The lowest BCUT2D eigenvalue weighted by Crippen LogP contribution is -2.60. The zero-order valence-corrected chi connectivity index (χ0v) is 22.7. The van der Waals surface area contributed by atoms with Gasteiger partial charge in [0.1, 0.15) is 12.4 Å². The quantitative estimate of drug-likeness (QED) is 0.352. The largest absolute Gasteiger partial charge is 0.491 e. The van der Waals surface area contributed by atoms with E-state index in [1.54, 1.807) is 24.3 Å². The van der Waals surface area contributed by atoms with E-state index in [0.717, 1.165) is 4.90 Å². The molecule has 5 rings (SSSR count). The molecule has 4 aliphatic rings. The Bertz CT molecular complexity index is 1240. The van der Waals surface area contributed by atoms with Gasteiger partial charge in [0.05, 0.1) is 18.4 Å². The number of allylic oxidation sites excluding steroid dienone is 2. The molecule has 2 aliphatic carbocycles. The van der Waals surface area contributed by atoms with Crippen molar-refractivity contribution in [3.63, 3.8) is 0 Å². The van der Waals surface area contributed by atoms with Gasteiger partial charge in [0, 0.05) is 24.1 Å². The maximum atomic E-state index is 13.8. The zero-order chi connectivity index (χ0) is 27.1. The molecule has 1 saturated carbocycles. The normalized spacial score (nSPS) is 35.4. The van der Waals surface area contributed by atoms with Gasteiger partial charge in [0.2, 0.25) is 11.8 Å². The molecular weight excluding hydrogens is 519 g/mol. The van der Waals surface area contributed by atoms with Gasteiger partial charge in [-0.15, -0.1) is 23.2 Å². The lowest BCUT2D eigenvalue weighted by molar-refractivity contribution is -0.146. The summed E-state index contributed by atoms with van der Waals surface area (Å²) < 4.78 is 5.80. The van der Waals surface area contributed by atoms with Crippen molar-refractivity contribution in [3.05, 3.63) is 41.5 Å². The predicted molar refractivity (Wildman–Crippen MR) is 136 cm³/mol. The van der Waals surface area contributed by atoms with Gasteiger partial charge in [-0.1, -0.05) is 29.8 Å². The van der Waals surface area contributed by atoms with E-state index < -0.39 is 50.8 Å². The molecule has 198 valence electrons. The summed E-state index contributed by atoms with van der Waals surface area (Å²) in [4.78, 5) is 52.9. The summed E-state index contributed by atoms with van der Waals surface area (Å²) in [6.07, 6.45) is 2.16. The molecule has 0 spiro atoms. The standard InChI is InChI=1S/C27H30Cl2N2O6/c1-25(2,3)31-21(33)16-10-9-14-17(19(16)22(31)34)13-26(28)23(35)30(4)24(36)27(26,29)20(14)15-7-5-6-8-18(15)37-12-11-32/h5-9,16-17,19-20,32H,10-13H2,1-4H3/t16-,17+,19-,20+,26+,27-/m0/s1. The first kappa shape index (κ1) is 26.2. The summed E-state index contributed by atoms with van der Waals surface area (Å²) in [5.74, 6) is -4.15. The van der Waals surface area contributed by atoms with Crippen LogP contribution >= 0.6 is 23.2 Å².